The summed E-state index contributed by atoms with van der Waals surface area (Å²) in [5.41, 5.74) is 3.65. The molecule has 7 heteroatoms. The zero-order valence-corrected chi connectivity index (χ0v) is 13.1. The van der Waals surface area contributed by atoms with Gasteiger partial charge in [-0.2, -0.15) is 13.2 Å². The fourth-order valence-corrected chi connectivity index (χ4v) is 2.55. The second kappa shape index (κ2) is 6.60. The first-order valence-electron chi connectivity index (χ1n) is 7.38. The monoisotopic (exact) mass is 349 g/mol. The summed E-state index contributed by atoms with van der Waals surface area (Å²) in [6.07, 6.45) is -3.51. The van der Waals surface area contributed by atoms with Crippen molar-refractivity contribution >= 4 is 11.7 Å². The topological polar surface area (TPSA) is 47.6 Å². The van der Waals surface area contributed by atoms with Crippen LogP contribution in [0, 0.1) is 0 Å². The number of esters is 1. The molecular formula is C18H14F3NO3. The zero-order valence-electron chi connectivity index (χ0n) is 13.1. The van der Waals surface area contributed by atoms with Crippen LogP contribution in [0.1, 0.15) is 33.2 Å². The quantitative estimate of drug-likeness (QED) is 0.848. The van der Waals surface area contributed by atoms with Gasteiger partial charge in [0.05, 0.1) is 23.9 Å². The van der Waals surface area contributed by atoms with Gasteiger partial charge < -0.3 is 4.74 Å². The van der Waals surface area contributed by atoms with E-state index in [0.29, 0.717) is 22.4 Å². The highest BCUT2D eigenvalue weighted by atomic mass is 19.4. The molecule has 0 saturated carbocycles. The van der Waals surface area contributed by atoms with Crippen LogP contribution in [-0.2, 0) is 15.8 Å². The Morgan fingerprint density at radius 1 is 1.16 bits per heavy atom. The molecule has 0 bridgehead atoms. The van der Waals surface area contributed by atoms with E-state index < -0.39 is 23.8 Å². The van der Waals surface area contributed by atoms with Crippen molar-refractivity contribution in [3.63, 3.8) is 0 Å². The second-order valence-corrected chi connectivity index (χ2v) is 5.38. The van der Waals surface area contributed by atoms with E-state index in [4.69, 9.17) is 9.57 Å². The Labute approximate surface area is 141 Å². The first-order valence-corrected chi connectivity index (χ1v) is 7.38. The Kier molecular flexibility index (Phi) is 4.50. The molecule has 1 unspecified atom stereocenters. The Morgan fingerprint density at radius 3 is 2.64 bits per heavy atom. The zero-order chi connectivity index (χ0) is 18.0. The molecule has 1 atom stereocenters. The normalized spacial score (nSPS) is 17.0. The number of ether oxygens (including phenoxy) is 1. The summed E-state index contributed by atoms with van der Waals surface area (Å²) < 4.78 is 43.3. The van der Waals surface area contributed by atoms with Gasteiger partial charge in [-0.05, 0) is 29.8 Å². The molecule has 0 amide bonds. The minimum atomic E-state index is -4.42. The maximum absolute atomic E-state index is 12.9. The third-order valence-electron chi connectivity index (χ3n) is 3.78. The van der Waals surface area contributed by atoms with Gasteiger partial charge in [-0.1, -0.05) is 30.3 Å². The summed E-state index contributed by atoms with van der Waals surface area (Å²) in [6, 6.07) is 11.6. The Balaban J connectivity index is 1.93. The van der Waals surface area contributed by atoms with Crippen molar-refractivity contribution in [3.8, 4) is 0 Å². The number of nitrogens with one attached hydrogen (secondary N) is 1. The van der Waals surface area contributed by atoms with E-state index in [9.17, 15) is 18.0 Å². The minimum absolute atomic E-state index is 0.331. The van der Waals surface area contributed by atoms with Crippen molar-refractivity contribution in [3.05, 3.63) is 76.9 Å². The molecular weight excluding hydrogens is 335 g/mol. The van der Waals surface area contributed by atoms with Gasteiger partial charge in [0.15, 0.2) is 0 Å². The molecule has 0 aliphatic carbocycles. The summed E-state index contributed by atoms with van der Waals surface area (Å²) >= 11 is 0. The molecule has 0 radical (unpaired) electrons. The maximum Gasteiger partial charge on any atom is 0.416 e. The van der Waals surface area contributed by atoms with Crippen molar-refractivity contribution in [2.75, 3.05) is 7.11 Å². The molecule has 0 spiro atoms. The lowest BCUT2D eigenvalue weighted by molar-refractivity contribution is -0.137. The number of benzene rings is 2. The number of methoxy groups -OCH3 is 1. The summed E-state index contributed by atoms with van der Waals surface area (Å²) in [7, 11) is 1.28. The van der Waals surface area contributed by atoms with Crippen LogP contribution >= 0.6 is 0 Å². The fraction of sp³-hybridized carbons (Fsp3) is 0.167. The predicted molar refractivity (Wildman–Crippen MR) is 84.2 cm³/mol. The van der Waals surface area contributed by atoms with E-state index in [1.54, 1.807) is 36.4 Å². The molecule has 1 aliphatic heterocycles. The van der Waals surface area contributed by atoms with Crippen molar-refractivity contribution in [1.29, 1.82) is 0 Å². The molecule has 2 aromatic carbocycles. The third kappa shape index (κ3) is 3.51. The third-order valence-corrected chi connectivity index (χ3v) is 3.78. The number of carbonyl (C=O) groups is 1. The first kappa shape index (κ1) is 17.0. The highest BCUT2D eigenvalue weighted by Gasteiger charge is 2.31. The summed E-state index contributed by atoms with van der Waals surface area (Å²) in [5.74, 6) is -0.513. The van der Waals surface area contributed by atoms with Crippen LogP contribution in [0.4, 0.5) is 13.2 Å². The average molecular weight is 349 g/mol. The van der Waals surface area contributed by atoms with E-state index >= 15 is 0 Å². The smallest absolute Gasteiger partial charge is 0.416 e. The first-order chi connectivity index (χ1) is 11.9. The molecule has 1 aliphatic rings. The van der Waals surface area contributed by atoms with Crippen molar-refractivity contribution in [2.45, 2.75) is 12.3 Å². The van der Waals surface area contributed by atoms with E-state index in [-0.39, 0.29) is 0 Å². The molecule has 0 fully saturated rings. The van der Waals surface area contributed by atoms with Gasteiger partial charge in [0.1, 0.15) is 6.10 Å². The number of carbonyl (C=O) groups excluding carboxylic acids is 1. The van der Waals surface area contributed by atoms with Gasteiger partial charge in [0, 0.05) is 5.56 Å². The van der Waals surface area contributed by atoms with Gasteiger partial charge in [-0.3, -0.25) is 10.3 Å². The fourth-order valence-electron chi connectivity index (χ4n) is 2.55. The molecule has 25 heavy (non-hydrogen) atoms. The van der Waals surface area contributed by atoms with E-state index in [0.717, 1.165) is 12.1 Å². The SMILES string of the molecule is COC(=O)c1ccccc1C1=CC(c2cccc(C(F)(F)F)c2)ON1. The molecule has 1 heterocycles. The van der Waals surface area contributed by atoms with Crippen LogP contribution in [0.3, 0.4) is 0 Å². The summed E-state index contributed by atoms with van der Waals surface area (Å²) in [5, 5.41) is 0. The standard InChI is InChI=1S/C18H14F3NO3/c1-24-17(23)14-8-3-2-7-13(14)15-10-16(25-22-15)11-5-4-6-12(9-11)18(19,20)21/h2-10,16,22H,1H3. The average Bonchev–Trinajstić information content (AvgIpc) is 3.10. The lowest BCUT2D eigenvalue weighted by Gasteiger charge is -2.11. The maximum atomic E-state index is 12.9. The number of rotatable bonds is 3. The molecule has 4 nitrogen and oxygen atoms in total. The molecule has 0 aromatic heterocycles. The molecule has 3 rings (SSSR count). The number of hydrogen-bond acceptors (Lipinski definition) is 4. The van der Waals surface area contributed by atoms with E-state index in [2.05, 4.69) is 5.48 Å². The van der Waals surface area contributed by atoms with Crippen molar-refractivity contribution in [2.24, 2.45) is 0 Å². The van der Waals surface area contributed by atoms with E-state index in [1.165, 1.54) is 13.2 Å². The Hall–Kier alpha value is -2.80. The number of hydrogen-bond donors (Lipinski definition) is 1. The van der Waals surface area contributed by atoms with Gasteiger partial charge in [-0.25, -0.2) is 4.79 Å². The highest BCUT2D eigenvalue weighted by molar-refractivity contribution is 5.95. The molecule has 2 aromatic rings. The van der Waals surface area contributed by atoms with Gasteiger partial charge >= 0.3 is 12.1 Å². The largest absolute Gasteiger partial charge is 0.465 e. The van der Waals surface area contributed by atoms with Gasteiger partial charge in [0.2, 0.25) is 0 Å². The minimum Gasteiger partial charge on any atom is -0.465 e. The molecule has 130 valence electrons. The van der Waals surface area contributed by atoms with Crippen LogP contribution in [0.25, 0.3) is 5.70 Å². The van der Waals surface area contributed by atoms with Crippen molar-refractivity contribution in [1.82, 2.24) is 5.48 Å². The highest BCUT2D eigenvalue weighted by Crippen LogP contribution is 2.34. The number of hydroxylamine groups is 1. The number of halogens is 3. The van der Waals surface area contributed by atoms with Crippen LogP contribution in [0.2, 0.25) is 0 Å². The molecule has 0 saturated heterocycles. The van der Waals surface area contributed by atoms with Gasteiger partial charge in [0.25, 0.3) is 0 Å². The van der Waals surface area contributed by atoms with Crippen LogP contribution < -0.4 is 5.48 Å². The second-order valence-electron chi connectivity index (χ2n) is 5.38. The Morgan fingerprint density at radius 2 is 1.92 bits per heavy atom. The van der Waals surface area contributed by atoms with Crippen LogP contribution in [0.5, 0.6) is 0 Å². The summed E-state index contributed by atoms with van der Waals surface area (Å²) in [4.78, 5) is 17.2. The van der Waals surface area contributed by atoms with E-state index in [1.807, 2.05) is 0 Å². The summed E-state index contributed by atoms with van der Waals surface area (Å²) in [6.45, 7) is 0. The van der Waals surface area contributed by atoms with Gasteiger partial charge in [-0.15, -0.1) is 0 Å². The number of alkyl halides is 3. The van der Waals surface area contributed by atoms with Crippen LogP contribution in [0.15, 0.2) is 54.6 Å². The Bertz CT molecular complexity index is 830. The van der Waals surface area contributed by atoms with Crippen LogP contribution in [-0.4, -0.2) is 13.1 Å². The van der Waals surface area contributed by atoms with Crippen molar-refractivity contribution < 1.29 is 27.5 Å². The molecule has 1 N–H and O–H groups in total. The lowest BCUT2D eigenvalue weighted by Crippen LogP contribution is -2.12. The predicted octanol–water partition coefficient (Wildman–Crippen LogP) is 4.11. The lowest BCUT2D eigenvalue weighted by atomic mass is 10.0.